The van der Waals surface area contributed by atoms with Gasteiger partial charge in [0.05, 0.1) is 6.61 Å². The summed E-state index contributed by atoms with van der Waals surface area (Å²) in [4.78, 5) is 12.1. The molecule has 0 N–H and O–H groups in total. The Bertz CT molecular complexity index is 732. The van der Waals surface area contributed by atoms with Gasteiger partial charge in [-0.1, -0.05) is 335 Å². The lowest BCUT2D eigenvalue weighted by atomic mass is 10.0. The van der Waals surface area contributed by atoms with Crippen LogP contribution >= 0.6 is 0 Å². The third kappa shape index (κ3) is 55.5. The van der Waals surface area contributed by atoms with E-state index in [0.717, 1.165) is 12.8 Å². The summed E-state index contributed by atoms with van der Waals surface area (Å²) in [5.74, 6) is 0.0360. The first-order valence-electron chi connectivity index (χ1n) is 28.5. The minimum atomic E-state index is 0.0360. The van der Waals surface area contributed by atoms with Gasteiger partial charge in [0.2, 0.25) is 0 Å². The fraction of sp³-hybridized carbons (Fsp3) is 0.982. The topological polar surface area (TPSA) is 26.3 Å². The SMILES string of the molecule is CCCCCCCCCCCCCCCCCCCCCCCCCCCCOC(=O)CCCCCCCCCCCCCCCCCCCCCCCCCCCC. The van der Waals surface area contributed by atoms with Gasteiger partial charge in [-0.3, -0.25) is 4.79 Å². The summed E-state index contributed by atoms with van der Waals surface area (Å²) < 4.78 is 5.51. The highest BCUT2D eigenvalue weighted by molar-refractivity contribution is 5.69. The van der Waals surface area contributed by atoms with Crippen molar-refractivity contribution in [2.75, 3.05) is 6.61 Å². The van der Waals surface area contributed by atoms with Gasteiger partial charge in [-0.25, -0.2) is 0 Å². The molecule has 0 aliphatic rings. The van der Waals surface area contributed by atoms with E-state index in [4.69, 9.17) is 4.74 Å². The fourth-order valence-electron chi connectivity index (χ4n) is 9.26. The Morgan fingerprint density at radius 2 is 0.373 bits per heavy atom. The molecule has 0 radical (unpaired) electrons. The monoisotopic (exact) mass is 831 g/mol. The molecule has 59 heavy (non-hydrogen) atoms. The van der Waals surface area contributed by atoms with Crippen LogP contribution in [0.2, 0.25) is 0 Å². The van der Waals surface area contributed by atoms with Crippen molar-refractivity contribution in [3.63, 3.8) is 0 Å². The van der Waals surface area contributed by atoms with Crippen LogP contribution < -0.4 is 0 Å². The summed E-state index contributed by atoms with van der Waals surface area (Å²) >= 11 is 0. The summed E-state index contributed by atoms with van der Waals surface area (Å²) in [6.07, 6.45) is 74.3. The van der Waals surface area contributed by atoms with E-state index in [-0.39, 0.29) is 5.97 Å². The third-order valence-electron chi connectivity index (χ3n) is 13.5. The maximum absolute atomic E-state index is 12.1. The van der Waals surface area contributed by atoms with Crippen LogP contribution in [0, 0.1) is 0 Å². The molecule has 0 saturated heterocycles. The van der Waals surface area contributed by atoms with Gasteiger partial charge in [0.25, 0.3) is 0 Å². The van der Waals surface area contributed by atoms with Crippen molar-refractivity contribution >= 4 is 5.97 Å². The molecule has 0 bridgehead atoms. The molecular formula is C57H114O2. The van der Waals surface area contributed by atoms with E-state index >= 15 is 0 Å². The zero-order valence-electron chi connectivity index (χ0n) is 41.5. The quantitative estimate of drug-likeness (QED) is 0.0451. The van der Waals surface area contributed by atoms with Crippen LogP contribution in [0.25, 0.3) is 0 Å². The molecule has 0 unspecified atom stereocenters. The minimum Gasteiger partial charge on any atom is -0.466 e. The fourth-order valence-corrected chi connectivity index (χ4v) is 9.26. The Labute approximate surface area is 374 Å². The van der Waals surface area contributed by atoms with E-state index in [0.29, 0.717) is 13.0 Å². The summed E-state index contributed by atoms with van der Waals surface area (Å²) in [5.41, 5.74) is 0. The van der Waals surface area contributed by atoms with Gasteiger partial charge >= 0.3 is 5.97 Å². The zero-order chi connectivity index (χ0) is 42.5. The van der Waals surface area contributed by atoms with Crippen LogP contribution in [-0.4, -0.2) is 12.6 Å². The summed E-state index contributed by atoms with van der Waals surface area (Å²) in [5, 5.41) is 0. The molecule has 0 atom stereocenters. The molecule has 0 fully saturated rings. The van der Waals surface area contributed by atoms with Gasteiger partial charge in [0, 0.05) is 6.42 Å². The molecule has 0 heterocycles. The van der Waals surface area contributed by atoms with Crippen LogP contribution in [0.3, 0.4) is 0 Å². The molecule has 2 heteroatoms. The van der Waals surface area contributed by atoms with Gasteiger partial charge in [-0.2, -0.15) is 0 Å². The van der Waals surface area contributed by atoms with Crippen molar-refractivity contribution in [1.29, 1.82) is 0 Å². The molecule has 0 aromatic rings. The number of hydrogen-bond acceptors (Lipinski definition) is 2. The summed E-state index contributed by atoms with van der Waals surface area (Å²) in [6.45, 7) is 5.25. The molecule has 0 aliphatic carbocycles. The van der Waals surface area contributed by atoms with E-state index in [1.54, 1.807) is 0 Å². The Kier molecular flexibility index (Phi) is 55.0. The second-order valence-corrected chi connectivity index (χ2v) is 19.6. The van der Waals surface area contributed by atoms with Gasteiger partial charge in [-0.05, 0) is 12.8 Å². The van der Waals surface area contributed by atoms with E-state index in [1.807, 2.05) is 0 Å². The van der Waals surface area contributed by atoms with E-state index < -0.39 is 0 Å². The number of carbonyl (C=O) groups is 1. The van der Waals surface area contributed by atoms with Crippen molar-refractivity contribution in [2.24, 2.45) is 0 Å². The molecule has 0 amide bonds. The van der Waals surface area contributed by atoms with Crippen LogP contribution in [0.15, 0.2) is 0 Å². The lowest BCUT2D eigenvalue weighted by molar-refractivity contribution is -0.143. The highest BCUT2D eigenvalue weighted by Gasteiger charge is 2.03. The number of unbranched alkanes of at least 4 members (excludes halogenated alkanes) is 50. The number of carbonyl (C=O) groups excluding carboxylic acids is 1. The predicted octanol–water partition coefficient (Wildman–Crippen LogP) is 21.2. The first kappa shape index (κ1) is 58.5. The normalized spacial score (nSPS) is 11.6. The maximum atomic E-state index is 12.1. The lowest BCUT2D eigenvalue weighted by Crippen LogP contribution is -2.05. The molecule has 2 nitrogen and oxygen atoms in total. The van der Waals surface area contributed by atoms with Crippen molar-refractivity contribution < 1.29 is 9.53 Å². The number of hydrogen-bond donors (Lipinski definition) is 0. The third-order valence-corrected chi connectivity index (χ3v) is 13.5. The second kappa shape index (κ2) is 55.5. The predicted molar refractivity (Wildman–Crippen MR) is 267 cm³/mol. The highest BCUT2D eigenvalue weighted by atomic mass is 16.5. The summed E-state index contributed by atoms with van der Waals surface area (Å²) in [7, 11) is 0. The van der Waals surface area contributed by atoms with Gasteiger partial charge < -0.3 is 4.74 Å². The first-order valence-corrected chi connectivity index (χ1v) is 28.5. The maximum Gasteiger partial charge on any atom is 0.305 e. The molecule has 0 aromatic carbocycles. The number of esters is 1. The van der Waals surface area contributed by atoms with Gasteiger partial charge in [-0.15, -0.1) is 0 Å². The molecule has 354 valence electrons. The Morgan fingerprint density at radius 1 is 0.220 bits per heavy atom. The van der Waals surface area contributed by atoms with Crippen LogP contribution in [-0.2, 0) is 9.53 Å². The van der Waals surface area contributed by atoms with Gasteiger partial charge in [0.1, 0.15) is 0 Å². The van der Waals surface area contributed by atoms with Gasteiger partial charge in [0.15, 0.2) is 0 Å². The van der Waals surface area contributed by atoms with E-state index in [1.165, 1.54) is 321 Å². The van der Waals surface area contributed by atoms with Crippen LogP contribution in [0.5, 0.6) is 0 Å². The molecule has 0 rings (SSSR count). The second-order valence-electron chi connectivity index (χ2n) is 19.6. The molecule has 0 aromatic heterocycles. The van der Waals surface area contributed by atoms with Crippen LogP contribution in [0.4, 0.5) is 0 Å². The van der Waals surface area contributed by atoms with Crippen molar-refractivity contribution in [2.45, 2.75) is 354 Å². The molecule has 0 spiro atoms. The average Bonchev–Trinajstić information content (AvgIpc) is 3.24. The van der Waals surface area contributed by atoms with Crippen molar-refractivity contribution in [3.8, 4) is 0 Å². The Hall–Kier alpha value is -0.530. The minimum absolute atomic E-state index is 0.0360. The van der Waals surface area contributed by atoms with Crippen molar-refractivity contribution in [3.05, 3.63) is 0 Å². The smallest absolute Gasteiger partial charge is 0.305 e. The highest BCUT2D eigenvalue weighted by Crippen LogP contribution is 2.18. The van der Waals surface area contributed by atoms with E-state index in [9.17, 15) is 4.79 Å². The lowest BCUT2D eigenvalue weighted by Gasteiger charge is -2.06. The zero-order valence-corrected chi connectivity index (χ0v) is 41.5. The molecular weight excluding hydrogens is 717 g/mol. The Morgan fingerprint density at radius 3 is 0.559 bits per heavy atom. The number of ether oxygens (including phenoxy) is 1. The van der Waals surface area contributed by atoms with Crippen molar-refractivity contribution in [1.82, 2.24) is 0 Å². The number of rotatable bonds is 54. The summed E-state index contributed by atoms with van der Waals surface area (Å²) in [6, 6.07) is 0. The largest absolute Gasteiger partial charge is 0.466 e. The van der Waals surface area contributed by atoms with Crippen LogP contribution in [0.1, 0.15) is 354 Å². The standard InChI is InChI=1S/C57H114O2/c1-3-5-7-9-11-13-15-17-19-21-23-25-27-29-31-33-35-37-39-41-43-45-47-49-51-53-55-57(58)59-56-54-52-50-48-46-44-42-40-38-36-34-32-30-28-26-24-22-20-18-16-14-12-10-8-6-4-2/h3-56H2,1-2H3. The van der Waals surface area contributed by atoms with E-state index in [2.05, 4.69) is 13.8 Å². The molecule has 0 aliphatic heterocycles. The first-order chi connectivity index (χ1) is 29.3. The molecule has 0 saturated carbocycles. The Balaban J connectivity index is 3.14. The average molecular weight is 832 g/mol.